The van der Waals surface area contributed by atoms with Gasteiger partial charge in [0.2, 0.25) is 10.0 Å². The summed E-state index contributed by atoms with van der Waals surface area (Å²) < 4.78 is 27.8. The highest BCUT2D eigenvalue weighted by molar-refractivity contribution is 9.11. The van der Waals surface area contributed by atoms with E-state index in [1.165, 1.54) is 15.6 Å². The summed E-state index contributed by atoms with van der Waals surface area (Å²) in [5, 5.41) is 0. The molecule has 0 N–H and O–H groups in total. The van der Waals surface area contributed by atoms with Crippen molar-refractivity contribution in [1.82, 2.24) is 9.29 Å². The molecule has 98 valence electrons. The highest BCUT2D eigenvalue weighted by atomic mass is 79.9. The first-order valence-electron chi connectivity index (χ1n) is 5.55. The number of nitrogens with zero attached hydrogens (tertiary/aromatic N) is 2. The summed E-state index contributed by atoms with van der Waals surface area (Å²) in [5.41, 5.74) is 0.811. The molecule has 2 rings (SSSR count). The Balaban J connectivity index is 2.53. The van der Waals surface area contributed by atoms with Crippen LogP contribution >= 0.6 is 27.3 Å². The van der Waals surface area contributed by atoms with Crippen molar-refractivity contribution in [3.63, 3.8) is 0 Å². The average Bonchev–Trinajstić information content (AvgIpc) is 2.69. The van der Waals surface area contributed by atoms with E-state index in [4.69, 9.17) is 0 Å². The largest absolute Gasteiger partial charge is 0.243 e. The van der Waals surface area contributed by atoms with Crippen molar-refractivity contribution in [1.29, 1.82) is 0 Å². The van der Waals surface area contributed by atoms with Gasteiger partial charge in [-0.15, -0.1) is 11.3 Å². The fourth-order valence-electron chi connectivity index (χ4n) is 1.75. The third-order valence-electron chi connectivity index (χ3n) is 2.68. The molecule has 1 aromatic heterocycles. The molecule has 0 saturated carbocycles. The van der Waals surface area contributed by atoms with E-state index in [0.717, 1.165) is 14.1 Å². The molecular weight excluding hydrogens is 336 g/mol. The molecule has 0 amide bonds. The van der Waals surface area contributed by atoms with Gasteiger partial charge in [-0.3, -0.25) is 0 Å². The molecule has 0 saturated heterocycles. The van der Waals surface area contributed by atoms with Crippen LogP contribution in [0.2, 0.25) is 0 Å². The summed E-state index contributed by atoms with van der Waals surface area (Å²) in [7, 11) is -3.39. The maximum atomic E-state index is 12.3. The van der Waals surface area contributed by atoms with E-state index in [0.29, 0.717) is 18.0 Å². The van der Waals surface area contributed by atoms with Crippen LogP contribution in [0.5, 0.6) is 0 Å². The number of sulfonamides is 1. The molecule has 7 heteroatoms. The monoisotopic (exact) mass is 348 g/mol. The van der Waals surface area contributed by atoms with E-state index in [9.17, 15) is 8.42 Å². The van der Waals surface area contributed by atoms with Gasteiger partial charge >= 0.3 is 0 Å². The zero-order valence-corrected chi connectivity index (χ0v) is 13.3. The van der Waals surface area contributed by atoms with E-state index in [-0.39, 0.29) is 0 Å². The Morgan fingerprint density at radius 3 is 2.61 bits per heavy atom. The standard InChI is InChI=1S/C11H13BrN2O2S2/c1-3-14(4-2)18(15,16)8-5-6-9-10(7-8)17-11(12)13-9/h5-7H,3-4H2,1-2H3. The summed E-state index contributed by atoms with van der Waals surface area (Å²) >= 11 is 4.74. The van der Waals surface area contributed by atoms with E-state index < -0.39 is 10.0 Å². The quantitative estimate of drug-likeness (QED) is 0.852. The lowest BCUT2D eigenvalue weighted by molar-refractivity contribution is 0.445. The van der Waals surface area contributed by atoms with Gasteiger partial charge in [0.25, 0.3) is 0 Å². The topological polar surface area (TPSA) is 50.3 Å². The van der Waals surface area contributed by atoms with Gasteiger partial charge in [0.1, 0.15) is 0 Å². The Morgan fingerprint density at radius 1 is 1.33 bits per heavy atom. The zero-order valence-electron chi connectivity index (χ0n) is 10.1. The molecule has 0 fully saturated rings. The van der Waals surface area contributed by atoms with Gasteiger partial charge in [-0.1, -0.05) is 13.8 Å². The minimum atomic E-state index is -3.39. The van der Waals surface area contributed by atoms with Crippen molar-refractivity contribution in [2.45, 2.75) is 18.7 Å². The van der Waals surface area contributed by atoms with Gasteiger partial charge in [0.15, 0.2) is 3.92 Å². The van der Waals surface area contributed by atoms with Crippen molar-refractivity contribution >= 4 is 47.5 Å². The third kappa shape index (κ3) is 2.45. The number of hydrogen-bond donors (Lipinski definition) is 0. The van der Waals surface area contributed by atoms with Crippen LogP contribution in [0.1, 0.15) is 13.8 Å². The van der Waals surface area contributed by atoms with E-state index in [1.807, 2.05) is 13.8 Å². The molecule has 4 nitrogen and oxygen atoms in total. The zero-order chi connectivity index (χ0) is 13.3. The molecule has 0 atom stereocenters. The van der Waals surface area contributed by atoms with E-state index in [1.54, 1.807) is 18.2 Å². The number of halogens is 1. The van der Waals surface area contributed by atoms with Crippen molar-refractivity contribution in [2.24, 2.45) is 0 Å². The van der Waals surface area contributed by atoms with Crippen molar-refractivity contribution in [3.8, 4) is 0 Å². The van der Waals surface area contributed by atoms with Crippen molar-refractivity contribution < 1.29 is 8.42 Å². The van der Waals surface area contributed by atoms with Gasteiger partial charge in [-0.2, -0.15) is 4.31 Å². The Kier molecular flexibility index (Phi) is 4.05. The minimum Gasteiger partial charge on any atom is -0.229 e. The Hall–Kier alpha value is -0.500. The van der Waals surface area contributed by atoms with Crippen LogP contribution in [0.15, 0.2) is 27.0 Å². The van der Waals surface area contributed by atoms with Gasteiger partial charge < -0.3 is 0 Å². The van der Waals surface area contributed by atoms with Crippen LogP contribution in [-0.4, -0.2) is 30.8 Å². The summed E-state index contributed by atoms with van der Waals surface area (Å²) in [6.07, 6.45) is 0. The Morgan fingerprint density at radius 2 is 2.00 bits per heavy atom. The smallest absolute Gasteiger partial charge is 0.229 e. The predicted octanol–water partition coefficient (Wildman–Crippen LogP) is 3.09. The third-order valence-corrected chi connectivity index (χ3v) is 6.19. The molecule has 0 aliphatic heterocycles. The first kappa shape index (κ1) is 13.9. The van der Waals surface area contributed by atoms with Crippen LogP contribution in [0.3, 0.4) is 0 Å². The first-order valence-corrected chi connectivity index (χ1v) is 8.60. The number of thiazole rings is 1. The lowest BCUT2D eigenvalue weighted by Crippen LogP contribution is -2.30. The molecule has 0 unspecified atom stereocenters. The fourth-order valence-corrected chi connectivity index (χ4v) is 4.75. The maximum Gasteiger partial charge on any atom is 0.243 e. The lowest BCUT2D eigenvalue weighted by atomic mass is 10.3. The predicted molar refractivity (Wildman–Crippen MR) is 77.4 cm³/mol. The summed E-state index contributed by atoms with van der Waals surface area (Å²) in [5.74, 6) is 0. The van der Waals surface area contributed by atoms with Crippen LogP contribution in [0, 0.1) is 0 Å². The SMILES string of the molecule is CCN(CC)S(=O)(=O)c1ccc2nc(Br)sc2c1. The van der Waals surface area contributed by atoms with Gasteiger partial charge in [0, 0.05) is 13.1 Å². The number of rotatable bonds is 4. The number of benzene rings is 1. The lowest BCUT2D eigenvalue weighted by Gasteiger charge is -2.18. The highest BCUT2D eigenvalue weighted by Crippen LogP contribution is 2.28. The summed E-state index contributed by atoms with van der Waals surface area (Å²) in [6, 6.07) is 5.04. The number of fused-ring (bicyclic) bond motifs is 1. The first-order chi connectivity index (χ1) is 8.48. The molecule has 18 heavy (non-hydrogen) atoms. The van der Waals surface area contributed by atoms with Crippen LogP contribution in [0.25, 0.3) is 10.2 Å². The number of aromatic nitrogens is 1. The second kappa shape index (κ2) is 5.24. The molecule has 1 aromatic carbocycles. The second-order valence-corrected chi connectivity index (χ2v) is 7.93. The van der Waals surface area contributed by atoms with Crippen LogP contribution in [0.4, 0.5) is 0 Å². The normalized spacial score (nSPS) is 12.4. The van der Waals surface area contributed by atoms with Gasteiger partial charge in [0.05, 0.1) is 15.1 Å². The Labute approximate surface area is 119 Å². The maximum absolute atomic E-state index is 12.3. The summed E-state index contributed by atoms with van der Waals surface area (Å²) in [4.78, 5) is 4.58. The van der Waals surface area contributed by atoms with Gasteiger partial charge in [-0.25, -0.2) is 13.4 Å². The molecule has 0 radical (unpaired) electrons. The molecular formula is C11H13BrN2O2S2. The molecule has 2 aromatic rings. The second-order valence-electron chi connectivity index (χ2n) is 3.69. The Bertz CT molecular complexity index is 663. The highest BCUT2D eigenvalue weighted by Gasteiger charge is 2.22. The van der Waals surface area contributed by atoms with Gasteiger partial charge in [-0.05, 0) is 34.1 Å². The molecule has 0 spiro atoms. The molecule has 0 bridgehead atoms. The summed E-state index contributed by atoms with van der Waals surface area (Å²) in [6.45, 7) is 4.62. The van der Waals surface area contributed by atoms with E-state index >= 15 is 0 Å². The average molecular weight is 349 g/mol. The molecule has 0 aliphatic carbocycles. The van der Waals surface area contributed by atoms with E-state index in [2.05, 4.69) is 20.9 Å². The van der Waals surface area contributed by atoms with Crippen LogP contribution < -0.4 is 0 Å². The molecule has 1 heterocycles. The number of hydrogen-bond acceptors (Lipinski definition) is 4. The fraction of sp³-hybridized carbons (Fsp3) is 0.364. The van der Waals surface area contributed by atoms with Crippen LogP contribution in [-0.2, 0) is 10.0 Å². The molecule has 0 aliphatic rings. The minimum absolute atomic E-state index is 0.329. The van der Waals surface area contributed by atoms with Crippen molar-refractivity contribution in [3.05, 3.63) is 22.1 Å². The van der Waals surface area contributed by atoms with Crippen molar-refractivity contribution in [2.75, 3.05) is 13.1 Å².